The zero-order valence-corrected chi connectivity index (χ0v) is 23.8. The lowest BCUT2D eigenvalue weighted by Gasteiger charge is -2.65. The predicted molar refractivity (Wildman–Crippen MR) is 157 cm³/mol. The van der Waals surface area contributed by atoms with Crippen LogP contribution in [0.2, 0.25) is 0 Å². The van der Waals surface area contributed by atoms with Gasteiger partial charge in [0.1, 0.15) is 0 Å². The third kappa shape index (κ3) is 5.58. The zero-order chi connectivity index (χ0) is 25.0. The highest BCUT2D eigenvalue weighted by molar-refractivity contribution is 7.80. The highest BCUT2D eigenvalue weighted by Gasteiger charge is 2.62. The normalized spacial score (nSPS) is 37.2. The average Bonchev–Trinajstić information content (AvgIpc) is 2.90. The molecule has 5 fully saturated rings. The van der Waals surface area contributed by atoms with Crippen LogP contribution in [0.4, 0.5) is 0 Å². The summed E-state index contributed by atoms with van der Waals surface area (Å²) in [6, 6.07) is 12.1. The lowest BCUT2D eigenvalue weighted by molar-refractivity contribution is -0.0845. The Bertz CT molecular complexity index is 827. The van der Waals surface area contributed by atoms with Crippen molar-refractivity contribution in [2.75, 3.05) is 6.54 Å². The number of hydrogen-bond donors (Lipinski definition) is 2. The Morgan fingerprint density at radius 1 is 0.889 bits per heavy atom. The fraction of sp³-hybridized carbons (Fsp3) is 0.788. The predicted octanol–water partition coefficient (Wildman–Crippen LogP) is 8.33. The molecule has 5 aliphatic rings. The molecule has 5 saturated carbocycles. The Morgan fingerprint density at radius 2 is 1.53 bits per heavy atom. The van der Waals surface area contributed by atoms with Crippen molar-refractivity contribution in [3.63, 3.8) is 0 Å². The van der Waals surface area contributed by atoms with Crippen LogP contribution in [-0.2, 0) is 5.41 Å². The van der Waals surface area contributed by atoms with Gasteiger partial charge in [0, 0.05) is 11.5 Å². The monoisotopic (exact) mass is 508 g/mol. The Morgan fingerprint density at radius 3 is 2.17 bits per heavy atom. The van der Waals surface area contributed by atoms with Crippen LogP contribution in [0.1, 0.15) is 122 Å². The standard InChI is InChI=1S/C33H52N2S/c1-2-3-4-5-6-7-11-14-30-26-19-32(28-12-9-8-10-13-28)20-27(30)22-33(21-26,24-32)31(36)35-29-17-15-25(23-34)16-18-29/h8-10,12-13,25-27,29-30H,2-7,11,14-24,34H2,1H3,(H,35,36). The van der Waals surface area contributed by atoms with Crippen molar-refractivity contribution in [2.45, 2.75) is 128 Å². The van der Waals surface area contributed by atoms with E-state index in [1.54, 1.807) is 5.56 Å². The van der Waals surface area contributed by atoms with E-state index in [4.69, 9.17) is 18.0 Å². The minimum absolute atomic E-state index is 0.235. The second-order valence-corrected chi connectivity index (χ2v) is 13.8. The molecule has 3 N–H and O–H groups in total. The van der Waals surface area contributed by atoms with Crippen LogP contribution in [0, 0.1) is 29.1 Å². The van der Waals surface area contributed by atoms with Crippen LogP contribution in [0.3, 0.4) is 0 Å². The van der Waals surface area contributed by atoms with E-state index in [2.05, 4.69) is 42.6 Å². The maximum atomic E-state index is 6.34. The number of nitrogens with two attached hydrogens (primary N) is 1. The summed E-state index contributed by atoms with van der Waals surface area (Å²) < 4.78 is 0. The highest BCUT2D eigenvalue weighted by atomic mass is 32.1. The van der Waals surface area contributed by atoms with Crippen molar-refractivity contribution in [2.24, 2.45) is 34.8 Å². The summed E-state index contributed by atoms with van der Waals surface area (Å²) in [6.45, 7) is 3.17. The van der Waals surface area contributed by atoms with Crippen LogP contribution >= 0.6 is 12.2 Å². The summed E-state index contributed by atoms with van der Waals surface area (Å²) in [5.41, 5.74) is 8.15. The number of unbranched alkanes of at least 4 members (excludes halogenated alkanes) is 6. The number of thiocarbonyl (C=S) groups is 1. The third-order valence-corrected chi connectivity index (χ3v) is 11.6. The van der Waals surface area contributed by atoms with Gasteiger partial charge in [-0.2, -0.15) is 0 Å². The topological polar surface area (TPSA) is 38.0 Å². The first-order valence-corrected chi connectivity index (χ1v) is 16.0. The van der Waals surface area contributed by atoms with Crippen molar-refractivity contribution < 1.29 is 0 Å². The van der Waals surface area contributed by atoms with Crippen molar-refractivity contribution in [3.8, 4) is 0 Å². The number of nitrogens with one attached hydrogen (secondary N) is 1. The largest absolute Gasteiger partial charge is 0.376 e. The van der Waals surface area contributed by atoms with Crippen molar-refractivity contribution >= 4 is 17.2 Å². The molecule has 0 radical (unpaired) electrons. The van der Waals surface area contributed by atoms with Crippen molar-refractivity contribution in [1.82, 2.24) is 5.32 Å². The molecule has 3 heteroatoms. The van der Waals surface area contributed by atoms with Crippen molar-refractivity contribution in [3.05, 3.63) is 35.9 Å². The van der Waals surface area contributed by atoms with E-state index in [1.807, 2.05) is 0 Å². The molecule has 0 spiro atoms. The summed E-state index contributed by atoms with van der Waals surface area (Å²) >= 11 is 6.34. The van der Waals surface area contributed by atoms with E-state index in [0.29, 0.717) is 11.5 Å². The molecule has 1 aromatic rings. The van der Waals surface area contributed by atoms with E-state index < -0.39 is 0 Å². The fourth-order valence-corrected chi connectivity index (χ4v) is 9.74. The van der Waals surface area contributed by atoms with Gasteiger partial charge >= 0.3 is 0 Å². The van der Waals surface area contributed by atoms with Gasteiger partial charge in [-0.25, -0.2) is 0 Å². The highest BCUT2D eigenvalue weighted by Crippen LogP contribution is 2.68. The molecule has 2 atom stereocenters. The number of benzene rings is 1. The minimum Gasteiger partial charge on any atom is -0.376 e. The maximum Gasteiger partial charge on any atom is 0.0818 e. The maximum absolute atomic E-state index is 6.34. The lowest BCUT2D eigenvalue weighted by atomic mass is 9.39. The summed E-state index contributed by atoms with van der Waals surface area (Å²) in [5, 5.41) is 3.97. The molecule has 6 rings (SSSR count). The first-order chi connectivity index (χ1) is 17.6. The molecule has 2 unspecified atom stereocenters. The van der Waals surface area contributed by atoms with Gasteiger partial charge in [-0.1, -0.05) is 94.4 Å². The van der Waals surface area contributed by atoms with Crippen LogP contribution in [0.15, 0.2) is 30.3 Å². The Balaban J connectivity index is 1.26. The van der Waals surface area contributed by atoms with Gasteiger partial charge in [0.15, 0.2) is 0 Å². The van der Waals surface area contributed by atoms with Gasteiger partial charge in [0.25, 0.3) is 0 Å². The second kappa shape index (κ2) is 11.9. The summed E-state index contributed by atoms with van der Waals surface area (Å²) in [5.74, 6) is 3.39. The number of rotatable bonds is 12. The molecule has 2 nitrogen and oxygen atoms in total. The fourth-order valence-electron chi connectivity index (χ4n) is 9.33. The smallest absolute Gasteiger partial charge is 0.0818 e. The van der Waals surface area contributed by atoms with Gasteiger partial charge in [-0.05, 0) is 105 Å². The van der Waals surface area contributed by atoms with Crippen molar-refractivity contribution in [1.29, 1.82) is 0 Å². The van der Waals surface area contributed by atoms with Crippen LogP contribution < -0.4 is 11.1 Å². The molecule has 1 aromatic carbocycles. The quantitative estimate of drug-likeness (QED) is 0.220. The van der Waals surface area contributed by atoms with Gasteiger partial charge in [-0.15, -0.1) is 0 Å². The molecule has 0 heterocycles. The molecule has 200 valence electrons. The first-order valence-electron chi connectivity index (χ1n) is 15.6. The first kappa shape index (κ1) is 26.7. The molecule has 36 heavy (non-hydrogen) atoms. The third-order valence-electron chi connectivity index (χ3n) is 11.0. The molecule has 0 saturated heterocycles. The van der Waals surface area contributed by atoms with E-state index in [-0.39, 0.29) is 5.41 Å². The Hall–Kier alpha value is -0.930. The Labute approximate surface area is 227 Å². The minimum atomic E-state index is 0.235. The Kier molecular flexibility index (Phi) is 8.78. The van der Waals surface area contributed by atoms with Gasteiger partial charge < -0.3 is 11.1 Å². The van der Waals surface area contributed by atoms with Crippen LogP contribution in [0.5, 0.6) is 0 Å². The van der Waals surface area contributed by atoms with E-state index >= 15 is 0 Å². The summed E-state index contributed by atoms with van der Waals surface area (Å²) in [4.78, 5) is 1.24. The second-order valence-electron chi connectivity index (χ2n) is 13.4. The molecule has 4 bridgehead atoms. The SMILES string of the molecule is CCCCCCCCCC1C2CC3(C(=S)NC4CCC(CN)CC4)CC1CC(c1ccccc1)(C2)C3. The van der Waals surface area contributed by atoms with Gasteiger partial charge in [0.05, 0.1) is 4.99 Å². The van der Waals surface area contributed by atoms with E-state index in [1.165, 1.54) is 114 Å². The van der Waals surface area contributed by atoms with Gasteiger partial charge in [0.2, 0.25) is 0 Å². The van der Waals surface area contributed by atoms with E-state index in [0.717, 1.165) is 30.2 Å². The van der Waals surface area contributed by atoms with Crippen LogP contribution in [-0.4, -0.2) is 17.6 Å². The number of hydrogen-bond acceptors (Lipinski definition) is 2. The van der Waals surface area contributed by atoms with Gasteiger partial charge in [-0.3, -0.25) is 0 Å². The molecule has 0 aromatic heterocycles. The average molecular weight is 509 g/mol. The zero-order valence-electron chi connectivity index (χ0n) is 23.0. The molecule has 5 aliphatic carbocycles. The molecule has 0 amide bonds. The van der Waals surface area contributed by atoms with E-state index in [9.17, 15) is 0 Å². The van der Waals surface area contributed by atoms with Crippen LogP contribution in [0.25, 0.3) is 0 Å². The summed E-state index contributed by atoms with van der Waals surface area (Å²) in [7, 11) is 0. The molecule has 0 aliphatic heterocycles. The lowest BCUT2D eigenvalue weighted by Crippen LogP contribution is -2.62. The molecular weight excluding hydrogens is 456 g/mol. The molecular formula is C33H52N2S. The summed E-state index contributed by atoms with van der Waals surface area (Å²) in [6.07, 6.45) is 23.3.